The van der Waals surface area contributed by atoms with Gasteiger partial charge in [-0.3, -0.25) is 4.79 Å². The summed E-state index contributed by atoms with van der Waals surface area (Å²) in [5.74, 6) is -0.580. The standard InChI is InChI=1S/C18H20O2/c1-14(15-9-5-3-6-10-15)13-18(2,17(19)20)16-11-7-4-8-12-16/h3-12,14H,13H2,1-2H3,(H,19,20)/t14-,18+/m0/s1. The Labute approximate surface area is 120 Å². The molecule has 1 N–H and O–H groups in total. The van der Waals surface area contributed by atoms with Crippen molar-refractivity contribution in [2.75, 3.05) is 0 Å². The summed E-state index contributed by atoms with van der Waals surface area (Å²) in [6.07, 6.45) is 0.580. The van der Waals surface area contributed by atoms with Crippen LogP contribution < -0.4 is 0 Å². The van der Waals surface area contributed by atoms with Crippen LogP contribution in [0.5, 0.6) is 0 Å². The van der Waals surface area contributed by atoms with Gasteiger partial charge in [0.25, 0.3) is 0 Å². The molecule has 20 heavy (non-hydrogen) atoms. The van der Waals surface area contributed by atoms with E-state index in [4.69, 9.17) is 0 Å². The molecule has 0 saturated carbocycles. The van der Waals surface area contributed by atoms with E-state index >= 15 is 0 Å². The van der Waals surface area contributed by atoms with Gasteiger partial charge in [0.15, 0.2) is 0 Å². The maximum atomic E-state index is 11.8. The van der Waals surface area contributed by atoms with E-state index in [0.717, 1.165) is 5.56 Å². The van der Waals surface area contributed by atoms with E-state index in [1.54, 1.807) is 0 Å². The van der Waals surface area contributed by atoms with Crippen molar-refractivity contribution >= 4 is 5.97 Å². The van der Waals surface area contributed by atoms with Crippen molar-refractivity contribution in [1.29, 1.82) is 0 Å². The molecule has 2 atom stereocenters. The SMILES string of the molecule is C[C@@H](C[C@@](C)(C(=O)O)c1ccccc1)c1ccccc1. The quantitative estimate of drug-likeness (QED) is 0.881. The Morgan fingerprint density at radius 1 is 1.05 bits per heavy atom. The first kappa shape index (κ1) is 14.3. The Bertz CT molecular complexity index is 562. The molecule has 0 aliphatic heterocycles. The number of benzene rings is 2. The molecule has 0 aliphatic rings. The summed E-state index contributed by atoms with van der Waals surface area (Å²) in [5, 5.41) is 9.68. The molecule has 0 bridgehead atoms. The zero-order chi connectivity index (χ0) is 14.6. The summed E-state index contributed by atoms with van der Waals surface area (Å²) in [6.45, 7) is 3.89. The molecule has 0 aliphatic carbocycles. The van der Waals surface area contributed by atoms with Gasteiger partial charge in [0, 0.05) is 0 Å². The second kappa shape index (κ2) is 5.91. The van der Waals surface area contributed by atoms with E-state index in [2.05, 4.69) is 19.1 Å². The average molecular weight is 268 g/mol. The molecule has 0 radical (unpaired) electrons. The van der Waals surface area contributed by atoms with Crippen LogP contribution >= 0.6 is 0 Å². The topological polar surface area (TPSA) is 37.3 Å². The van der Waals surface area contributed by atoms with E-state index < -0.39 is 11.4 Å². The third kappa shape index (κ3) is 2.90. The molecule has 2 nitrogen and oxygen atoms in total. The zero-order valence-corrected chi connectivity index (χ0v) is 11.9. The Balaban J connectivity index is 2.29. The number of hydrogen-bond donors (Lipinski definition) is 1. The van der Waals surface area contributed by atoms with Crippen molar-refractivity contribution < 1.29 is 9.90 Å². The largest absolute Gasteiger partial charge is 0.481 e. The third-order valence-electron chi connectivity index (χ3n) is 3.97. The molecule has 0 saturated heterocycles. The highest BCUT2D eigenvalue weighted by Gasteiger charge is 2.36. The second-order valence-corrected chi connectivity index (χ2v) is 5.52. The van der Waals surface area contributed by atoms with Crippen LogP contribution in [-0.4, -0.2) is 11.1 Å². The van der Waals surface area contributed by atoms with E-state index in [1.807, 2.05) is 55.5 Å². The van der Waals surface area contributed by atoms with Gasteiger partial charge in [0.1, 0.15) is 0 Å². The minimum Gasteiger partial charge on any atom is -0.481 e. The lowest BCUT2D eigenvalue weighted by Crippen LogP contribution is -2.33. The fourth-order valence-electron chi connectivity index (χ4n) is 2.65. The van der Waals surface area contributed by atoms with Gasteiger partial charge in [-0.15, -0.1) is 0 Å². The molecule has 0 unspecified atom stereocenters. The molecule has 0 heterocycles. The fraction of sp³-hybridized carbons (Fsp3) is 0.278. The molecular formula is C18H20O2. The predicted molar refractivity (Wildman–Crippen MR) is 80.9 cm³/mol. The molecule has 2 aromatic rings. The number of carboxylic acid groups (broad SMARTS) is 1. The Morgan fingerprint density at radius 2 is 1.55 bits per heavy atom. The van der Waals surface area contributed by atoms with E-state index in [9.17, 15) is 9.90 Å². The first-order valence-corrected chi connectivity index (χ1v) is 6.88. The van der Waals surface area contributed by atoms with Crippen LogP contribution in [0.2, 0.25) is 0 Å². The van der Waals surface area contributed by atoms with E-state index in [1.165, 1.54) is 5.56 Å². The maximum absolute atomic E-state index is 11.8. The van der Waals surface area contributed by atoms with Crippen molar-refractivity contribution in [3.63, 3.8) is 0 Å². The van der Waals surface area contributed by atoms with Gasteiger partial charge in [-0.2, -0.15) is 0 Å². The number of rotatable bonds is 5. The predicted octanol–water partition coefficient (Wildman–Crippen LogP) is 4.22. The summed E-state index contributed by atoms with van der Waals surface area (Å²) in [4.78, 5) is 11.8. The molecule has 0 spiro atoms. The van der Waals surface area contributed by atoms with Gasteiger partial charge in [-0.1, -0.05) is 67.6 Å². The lowest BCUT2D eigenvalue weighted by atomic mass is 9.74. The lowest BCUT2D eigenvalue weighted by molar-refractivity contribution is -0.143. The van der Waals surface area contributed by atoms with Crippen LogP contribution in [-0.2, 0) is 10.2 Å². The molecule has 0 amide bonds. The zero-order valence-electron chi connectivity index (χ0n) is 11.9. The third-order valence-corrected chi connectivity index (χ3v) is 3.97. The smallest absolute Gasteiger partial charge is 0.313 e. The van der Waals surface area contributed by atoms with Crippen LogP contribution in [0.1, 0.15) is 37.3 Å². The maximum Gasteiger partial charge on any atom is 0.313 e. The van der Waals surface area contributed by atoms with E-state index in [-0.39, 0.29) is 5.92 Å². The van der Waals surface area contributed by atoms with Crippen LogP contribution in [0.25, 0.3) is 0 Å². The number of carboxylic acids is 1. The Morgan fingerprint density at radius 3 is 2.05 bits per heavy atom. The number of hydrogen-bond acceptors (Lipinski definition) is 1. The molecule has 2 rings (SSSR count). The summed E-state index contributed by atoms with van der Waals surface area (Å²) in [7, 11) is 0. The molecular weight excluding hydrogens is 248 g/mol. The van der Waals surface area contributed by atoms with Gasteiger partial charge in [0.05, 0.1) is 5.41 Å². The van der Waals surface area contributed by atoms with Crippen molar-refractivity contribution in [1.82, 2.24) is 0 Å². The summed E-state index contributed by atoms with van der Waals surface area (Å²) < 4.78 is 0. The Hall–Kier alpha value is -2.09. The molecule has 2 aromatic carbocycles. The van der Waals surface area contributed by atoms with Crippen LogP contribution in [0, 0.1) is 0 Å². The molecule has 2 heteroatoms. The van der Waals surface area contributed by atoms with Crippen molar-refractivity contribution in [3.05, 3.63) is 71.8 Å². The van der Waals surface area contributed by atoms with Crippen LogP contribution in [0.15, 0.2) is 60.7 Å². The van der Waals surface area contributed by atoms with Gasteiger partial charge >= 0.3 is 5.97 Å². The Kier molecular flexibility index (Phi) is 4.23. The van der Waals surface area contributed by atoms with Crippen molar-refractivity contribution in [2.24, 2.45) is 0 Å². The first-order chi connectivity index (χ1) is 9.54. The number of carbonyl (C=O) groups is 1. The van der Waals surface area contributed by atoms with Gasteiger partial charge in [0.2, 0.25) is 0 Å². The summed E-state index contributed by atoms with van der Waals surface area (Å²) in [6, 6.07) is 19.6. The highest BCUT2D eigenvalue weighted by atomic mass is 16.4. The van der Waals surface area contributed by atoms with Gasteiger partial charge < -0.3 is 5.11 Å². The highest BCUT2D eigenvalue weighted by Crippen LogP contribution is 2.35. The minimum absolute atomic E-state index is 0.192. The van der Waals surface area contributed by atoms with Crippen LogP contribution in [0.4, 0.5) is 0 Å². The molecule has 104 valence electrons. The normalized spacial score (nSPS) is 15.3. The monoisotopic (exact) mass is 268 g/mol. The molecule has 0 aromatic heterocycles. The fourth-order valence-corrected chi connectivity index (χ4v) is 2.65. The van der Waals surface area contributed by atoms with E-state index in [0.29, 0.717) is 6.42 Å². The molecule has 0 fully saturated rings. The van der Waals surface area contributed by atoms with Gasteiger partial charge in [-0.05, 0) is 30.4 Å². The average Bonchev–Trinajstić information content (AvgIpc) is 2.48. The van der Waals surface area contributed by atoms with Crippen LogP contribution in [0.3, 0.4) is 0 Å². The highest BCUT2D eigenvalue weighted by molar-refractivity contribution is 5.81. The number of aliphatic carboxylic acids is 1. The first-order valence-electron chi connectivity index (χ1n) is 6.88. The van der Waals surface area contributed by atoms with Crippen molar-refractivity contribution in [3.8, 4) is 0 Å². The lowest BCUT2D eigenvalue weighted by Gasteiger charge is -2.28. The van der Waals surface area contributed by atoms with Crippen molar-refractivity contribution in [2.45, 2.75) is 31.6 Å². The summed E-state index contributed by atoms with van der Waals surface area (Å²) in [5.41, 5.74) is 1.17. The van der Waals surface area contributed by atoms with Gasteiger partial charge in [-0.25, -0.2) is 0 Å². The summed E-state index contributed by atoms with van der Waals surface area (Å²) >= 11 is 0. The minimum atomic E-state index is -0.865. The second-order valence-electron chi connectivity index (χ2n) is 5.52.